The molecule has 0 aliphatic rings. The SMILES string of the molecule is CCOC(=O)c1cccc(Nc2ccnc3cc(Cl)c(OC)cc23)c1. The first kappa shape index (κ1) is 17.0. The molecular weight excluding hydrogens is 340 g/mol. The van der Waals surface area contributed by atoms with E-state index in [9.17, 15) is 4.79 Å². The number of aromatic nitrogens is 1. The predicted octanol–water partition coefficient (Wildman–Crippen LogP) is 4.82. The summed E-state index contributed by atoms with van der Waals surface area (Å²) >= 11 is 6.16. The first-order chi connectivity index (χ1) is 12.1. The van der Waals surface area contributed by atoms with Gasteiger partial charge < -0.3 is 14.8 Å². The molecule has 0 atom stereocenters. The van der Waals surface area contributed by atoms with Gasteiger partial charge in [-0.15, -0.1) is 0 Å². The molecule has 3 aromatic rings. The summed E-state index contributed by atoms with van der Waals surface area (Å²) in [5.74, 6) is 0.227. The summed E-state index contributed by atoms with van der Waals surface area (Å²) in [5.41, 5.74) is 2.84. The van der Waals surface area contributed by atoms with Crippen molar-refractivity contribution in [2.24, 2.45) is 0 Å². The van der Waals surface area contributed by atoms with Crippen molar-refractivity contribution in [3.05, 3.63) is 59.2 Å². The molecule has 0 aliphatic carbocycles. The van der Waals surface area contributed by atoms with Crippen LogP contribution in [0.2, 0.25) is 5.02 Å². The Balaban J connectivity index is 1.98. The molecule has 2 aromatic carbocycles. The van der Waals surface area contributed by atoms with Crippen molar-refractivity contribution in [1.29, 1.82) is 0 Å². The molecule has 0 fully saturated rings. The molecule has 1 heterocycles. The van der Waals surface area contributed by atoms with Gasteiger partial charge in [-0.2, -0.15) is 0 Å². The lowest BCUT2D eigenvalue weighted by Crippen LogP contribution is -2.05. The number of nitrogens with zero attached hydrogens (tertiary/aromatic N) is 1. The molecule has 0 saturated heterocycles. The first-order valence-electron chi connectivity index (χ1n) is 7.79. The Hall–Kier alpha value is -2.79. The molecule has 0 spiro atoms. The van der Waals surface area contributed by atoms with Crippen LogP contribution in [0.15, 0.2) is 48.7 Å². The number of pyridine rings is 1. The minimum Gasteiger partial charge on any atom is -0.495 e. The summed E-state index contributed by atoms with van der Waals surface area (Å²) in [6.07, 6.45) is 1.70. The number of ether oxygens (including phenoxy) is 2. The number of rotatable bonds is 5. The highest BCUT2D eigenvalue weighted by atomic mass is 35.5. The van der Waals surface area contributed by atoms with Crippen LogP contribution < -0.4 is 10.1 Å². The number of carbonyl (C=O) groups is 1. The molecule has 0 saturated carbocycles. The highest BCUT2D eigenvalue weighted by Crippen LogP contribution is 2.33. The van der Waals surface area contributed by atoms with Crippen LogP contribution in [-0.2, 0) is 4.74 Å². The second kappa shape index (κ2) is 7.40. The topological polar surface area (TPSA) is 60.5 Å². The molecule has 3 rings (SSSR count). The molecule has 0 unspecified atom stereocenters. The molecule has 1 N–H and O–H groups in total. The smallest absolute Gasteiger partial charge is 0.338 e. The number of hydrogen-bond acceptors (Lipinski definition) is 5. The Morgan fingerprint density at radius 2 is 2.08 bits per heavy atom. The normalized spacial score (nSPS) is 10.5. The second-order valence-electron chi connectivity index (χ2n) is 5.29. The summed E-state index contributed by atoms with van der Waals surface area (Å²) in [5, 5.41) is 4.68. The lowest BCUT2D eigenvalue weighted by molar-refractivity contribution is 0.0526. The van der Waals surface area contributed by atoms with E-state index in [-0.39, 0.29) is 5.97 Å². The Morgan fingerprint density at radius 1 is 1.24 bits per heavy atom. The third kappa shape index (κ3) is 3.67. The molecule has 25 heavy (non-hydrogen) atoms. The number of benzene rings is 2. The summed E-state index contributed by atoms with van der Waals surface area (Å²) in [6.45, 7) is 2.12. The van der Waals surface area contributed by atoms with Gasteiger partial charge in [0.15, 0.2) is 0 Å². The zero-order valence-corrected chi connectivity index (χ0v) is 14.6. The van der Waals surface area contributed by atoms with Gasteiger partial charge in [0.05, 0.1) is 29.8 Å². The van der Waals surface area contributed by atoms with Crippen molar-refractivity contribution in [2.75, 3.05) is 19.0 Å². The van der Waals surface area contributed by atoms with Crippen molar-refractivity contribution in [1.82, 2.24) is 4.98 Å². The number of methoxy groups -OCH3 is 1. The fraction of sp³-hybridized carbons (Fsp3) is 0.158. The van der Waals surface area contributed by atoms with Crippen molar-refractivity contribution in [3.63, 3.8) is 0 Å². The van der Waals surface area contributed by atoms with Gasteiger partial charge in [0.25, 0.3) is 0 Å². The third-order valence-electron chi connectivity index (χ3n) is 3.67. The first-order valence-corrected chi connectivity index (χ1v) is 8.16. The summed E-state index contributed by atoms with van der Waals surface area (Å²) in [4.78, 5) is 16.2. The van der Waals surface area contributed by atoms with Crippen LogP contribution in [-0.4, -0.2) is 24.7 Å². The number of nitrogens with one attached hydrogen (secondary N) is 1. The zero-order valence-electron chi connectivity index (χ0n) is 13.9. The fourth-order valence-electron chi connectivity index (χ4n) is 2.51. The minimum atomic E-state index is -0.348. The number of halogens is 1. The van der Waals surface area contributed by atoms with Crippen molar-refractivity contribution >= 4 is 39.8 Å². The van der Waals surface area contributed by atoms with Crippen LogP contribution in [0.4, 0.5) is 11.4 Å². The van der Waals surface area contributed by atoms with Crippen LogP contribution in [0.5, 0.6) is 5.75 Å². The molecule has 0 bridgehead atoms. The number of esters is 1. The lowest BCUT2D eigenvalue weighted by Gasteiger charge is -2.12. The van der Waals surface area contributed by atoms with E-state index in [0.717, 1.165) is 22.3 Å². The lowest BCUT2D eigenvalue weighted by atomic mass is 10.1. The highest BCUT2D eigenvalue weighted by molar-refractivity contribution is 6.33. The third-order valence-corrected chi connectivity index (χ3v) is 3.96. The Morgan fingerprint density at radius 3 is 2.84 bits per heavy atom. The monoisotopic (exact) mass is 356 g/mol. The van der Waals surface area contributed by atoms with Gasteiger partial charge in [0.1, 0.15) is 5.75 Å². The van der Waals surface area contributed by atoms with E-state index in [1.54, 1.807) is 44.5 Å². The Bertz CT molecular complexity index is 928. The summed E-state index contributed by atoms with van der Waals surface area (Å²) < 4.78 is 10.3. The molecule has 6 heteroatoms. The van der Waals surface area contributed by atoms with Crippen molar-refractivity contribution in [3.8, 4) is 5.75 Å². The second-order valence-corrected chi connectivity index (χ2v) is 5.70. The standard InChI is InChI=1S/C19H17ClN2O3/c1-3-25-19(23)12-5-4-6-13(9-12)22-16-7-8-21-17-11-15(20)18(24-2)10-14(16)17/h4-11H,3H2,1-2H3,(H,21,22). The van der Waals surface area contributed by atoms with Gasteiger partial charge in [0.2, 0.25) is 0 Å². The maximum Gasteiger partial charge on any atom is 0.338 e. The fourth-order valence-corrected chi connectivity index (χ4v) is 2.74. The van der Waals surface area contributed by atoms with Crippen LogP contribution >= 0.6 is 11.6 Å². The average molecular weight is 357 g/mol. The molecule has 128 valence electrons. The van der Waals surface area contributed by atoms with E-state index in [2.05, 4.69) is 10.3 Å². The van der Waals surface area contributed by atoms with Crippen LogP contribution in [0.1, 0.15) is 17.3 Å². The Kier molecular flexibility index (Phi) is 5.05. The summed E-state index contributed by atoms with van der Waals surface area (Å²) in [6, 6.07) is 12.6. The maximum absolute atomic E-state index is 11.9. The average Bonchev–Trinajstić information content (AvgIpc) is 2.62. The molecule has 0 aliphatic heterocycles. The molecule has 5 nitrogen and oxygen atoms in total. The maximum atomic E-state index is 11.9. The van der Waals surface area contributed by atoms with Gasteiger partial charge in [-0.3, -0.25) is 4.98 Å². The number of hydrogen-bond donors (Lipinski definition) is 1. The van der Waals surface area contributed by atoms with Crippen LogP contribution in [0.25, 0.3) is 10.9 Å². The van der Waals surface area contributed by atoms with Gasteiger partial charge in [0, 0.05) is 23.0 Å². The Labute approximate surface area is 150 Å². The minimum absolute atomic E-state index is 0.339. The van der Waals surface area contributed by atoms with Gasteiger partial charge >= 0.3 is 5.97 Å². The van der Waals surface area contributed by atoms with Gasteiger partial charge in [-0.1, -0.05) is 17.7 Å². The van der Waals surface area contributed by atoms with E-state index in [4.69, 9.17) is 21.1 Å². The molecule has 1 aromatic heterocycles. The number of anilines is 2. The van der Waals surface area contributed by atoms with E-state index < -0.39 is 0 Å². The number of fused-ring (bicyclic) bond motifs is 1. The largest absolute Gasteiger partial charge is 0.495 e. The van der Waals surface area contributed by atoms with Gasteiger partial charge in [-0.05, 0) is 43.3 Å². The van der Waals surface area contributed by atoms with E-state index >= 15 is 0 Å². The molecule has 0 amide bonds. The predicted molar refractivity (Wildman–Crippen MR) is 99.0 cm³/mol. The quantitative estimate of drug-likeness (QED) is 0.664. The van der Waals surface area contributed by atoms with Crippen LogP contribution in [0, 0.1) is 0 Å². The molecule has 0 radical (unpaired) electrons. The van der Waals surface area contributed by atoms with E-state index in [1.807, 2.05) is 18.2 Å². The van der Waals surface area contributed by atoms with E-state index in [1.165, 1.54) is 0 Å². The van der Waals surface area contributed by atoms with Crippen LogP contribution in [0.3, 0.4) is 0 Å². The highest BCUT2D eigenvalue weighted by Gasteiger charge is 2.10. The molecular formula is C19H17ClN2O3. The summed E-state index contributed by atoms with van der Waals surface area (Å²) in [7, 11) is 1.57. The van der Waals surface area contributed by atoms with E-state index in [0.29, 0.717) is 22.9 Å². The van der Waals surface area contributed by atoms with Crippen molar-refractivity contribution < 1.29 is 14.3 Å². The number of carbonyl (C=O) groups excluding carboxylic acids is 1. The van der Waals surface area contributed by atoms with Gasteiger partial charge in [-0.25, -0.2) is 4.79 Å². The zero-order chi connectivity index (χ0) is 17.8. The van der Waals surface area contributed by atoms with Crippen molar-refractivity contribution in [2.45, 2.75) is 6.92 Å².